The first-order valence-corrected chi connectivity index (χ1v) is 27.7. The highest BCUT2D eigenvalue weighted by atomic mass is 79.9. The number of nitrogens with zero attached hydrogens (tertiary/aromatic N) is 9. The third-order valence-corrected chi connectivity index (χ3v) is 13.6. The SMILES string of the molecule is Cc1cc(NCc2ccccc2-c2nccc3cc(CC(=O)/C=C/CN(C)C)ccc23)n2ncc(C(C)C)c2n1.Cc1cc(NCc2ccccc2-c2nccc3cc(N)ccc23)n2ncc(C(C)C)c2n1.O=C(Cl)/C=C/CBr. The van der Waals surface area contributed by atoms with E-state index in [0.29, 0.717) is 36.7 Å². The Balaban J connectivity index is 0.000000189. The molecule has 0 aliphatic rings. The summed E-state index contributed by atoms with van der Waals surface area (Å²) in [6, 6.07) is 36.9. The molecule has 4 N–H and O–H groups in total. The van der Waals surface area contributed by atoms with Gasteiger partial charge < -0.3 is 21.3 Å². The first-order chi connectivity index (χ1) is 38.1. The number of alkyl halides is 1. The number of aromatic nitrogens is 8. The van der Waals surface area contributed by atoms with E-state index in [4.69, 9.17) is 37.3 Å². The molecule has 0 spiro atoms. The fourth-order valence-electron chi connectivity index (χ4n) is 9.21. The van der Waals surface area contributed by atoms with Crippen molar-refractivity contribution in [2.45, 2.75) is 72.9 Å². The van der Waals surface area contributed by atoms with Crippen LogP contribution >= 0.6 is 27.5 Å². The van der Waals surface area contributed by atoms with E-state index < -0.39 is 5.24 Å². The number of likely N-dealkylation sites (N-methyl/N-ethyl adjacent to an activating group) is 1. The molecule has 0 radical (unpaired) electrons. The van der Waals surface area contributed by atoms with Gasteiger partial charge >= 0.3 is 0 Å². The Kier molecular flexibility index (Phi) is 19.1. The Morgan fingerprint density at radius 1 is 0.671 bits per heavy atom. The van der Waals surface area contributed by atoms with Gasteiger partial charge in [0.2, 0.25) is 5.24 Å². The van der Waals surface area contributed by atoms with Crippen LogP contribution in [0, 0.1) is 13.8 Å². The molecule has 0 amide bonds. The third-order valence-electron chi connectivity index (χ3n) is 13.1. The van der Waals surface area contributed by atoms with E-state index in [1.807, 2.05) is 133 Å². The number of ketones is 1. The zero-order chi connectivity index (χ0) is 56.2. The molecule has 0 aliphatic heterocycles. The molecule has 0 unspecified atom stereocenters. The van der Waals surface area contributed by atoms with Crippen LogP contribution < -0.4 is 16.4 Å². The van der Waals surface area contributed by atoms with Crippen LogP contribution in [0.4, 0.5) is 17.3 Å². The number of hydrogen-bond acceptors (Lipinski definition) is 12. The lowest BCUT2D eigenvalue weighted by molar-refractivity contribution is -0.114. The molecular weight excluding hydrogens is 1070 g/mol. The molecule has 404 valence electrons. The van der Waals surface area contributed by atoms with Gasteiger partial charge in [0.15, 0.2) is 17.1 Å². The van der Waals surface area contributed by atoms with Crippen molar-refractivity contribution in [3.05, 3.63) is 197 Å². The van der Waals surface area contributed by atoms with Crippen LogP contribution in [0.2, 0.25) is 0 Å². The normalized spacial score (nSPS) is 11.6. The number of carbonyl (C=O) groups excluding carboxylic acids is 2. The van der Waals surface area contributed by atoms with Gasteiger partial charge in [0.05, 0.1) is 23.8 Å². The van der Waals surface area contributed by atoms with E-state index in [1.165, 1.54) is 6.08 Å². The summed E-state index contributed by atoms with van der Waals surface area (Å²) < 4.78 is 3.78. The zero-order valence-corrected chi connectivity index (χ0v) is 48.2. The standard InChI is InChI=1S/C33H36N6O.C26H26N6.C4H4BrClO/c1-22(2)30-21-36-39-31(17-23(3)37-33(30)39)35-20-26-9-6-7-11-28(26)32-29-13-12-24(18-25(29)14-15-34-32)19-27(40)10-8-16-38(4)5;1-16(2)23-15-30-32-24(12-17(3)31-26(23)32)29-14-19-6-4-5-7-21(19)25-22-9-8-20(27)13-18(22)10-11-28-25;5-3-1-2-4(6)7/h6-15,17-18,21-22,35H,16,19-20H2,1-5H3;4-13,15-16,29H,14,27H2,1-3H3;1-2H,3H2/b10-8+;;2-1+. The number of nitrogens with one attached hydrogen (secondary N) is 2. The number of halogens is 2. The van der Waals surface area contributed by atoms with E-state index in [9.17, 15) is 9.59 Å². The number of nitrogen functional groups attached to an aromatic ring is 1. The summed E-state index contributed by atoms with van der Waals surface area (Å²) in [5.41, 5.74) is 20.1. The van der Waals surface area contributed by atoms with Gasteiger partial charge in [-0.25, -0.2) is 9.97 Å². The lowest BCUT2D eigenvalue weighted by atomic mass is 9.97. The average molecular weight is 1140 g/mol. The summed E-state index contributed by atoms with van der Waals surface area (Å²) in [5.74, 6) is 2.64. The number of benzene rings is 4. The maximum absolute atomic E-state index is 12.5. The fourth-order valence-corrected chi connectivity index (χ4v) is 9.48. The largest absolute Gasteiger partial charge is 0.399 e. The van der Waals surface area contributed by atoms with E-state index in [-0.39, 0.29) is 5.78 Å². The van der Waals surface area contributed by atoms with E-state index in [2.05, 4.69) is 113 Å². The predicted molar refractivity (Wildman–Crippen MR) is 327 cm³/mol. The first-order valence-electron chi connectivity index (χ1n) is 26.2. The van der Waals surface area contributed by atoms with Crippen LogP contribution in [0.3, 0.4) is 0 Å². The fraction of sp³-hybridized carbons (Fsp3) is 0.238. The topological polar surface area (TPSA) is 174 Å². The number of allylic oxidation sites excluding steroid dienone is 3. The molecule has 6 aromatic heterocycles. The van der Waals surface area contributed by atoms with Crippen molar-refractivity contribution in [1.82, 2.24) is 44.1 Å². The second-order valence-corrected chi connectivity index (χ2v) is 21.1. The van der Waals surface area contributed by atoms with Crippen molar-refractivity contribution >= 4 is 88.7 Å². The van der Waals surface area contributed by atoms with Crippen LogP contribution in [-0.4, -0.2) is 81.1 Å². The first kappa shape index (κ1) is 57.1. The smallest absolute Gasteiger partial charge is 0.244 e. The van der Waals surface area contributed by atoms with Crippen LogP contribution in [0.5, 0.6) is 0 Å². The molecule has 79 heavy (non-hydrogen) atoms. The molecular formula is C63H66BrClN12O2. The van der Waals surface area contributed by atoms with Gasteiger partial charge in [-0.1, -0.05) is 129 Å². The summed E-state index contributed by atoms with van der Waals surface area (Å²) >= 11 is 7.99. The van der Waals surface area contributed by atoms with E-state index in [0.717, 1.165) is 118 Å². The molecule has 10 rings (SSSR count). The Morgan fingerprint density at radius 3 is 1.66 bits per heavy atom. The molecule has 14 nitrogen and oxygen atoms in total. The van der Waals surface area contributed by atoms with Gasteiger partial charge in [0.1, 0.15) is 11.6 Å². The minimum atomic E-state index is -0.431. The predicted octanol–water partition coefficient (Wildman–Crippen LogP) is 13.5. The molecule has 10 aromatic rings. The Bertz CT molecular complexity index is 3840. The number of nitrogens with two attached hydrogens (primary N) is 1. The highest BCUT2D eigenvalue weighted by Gasteiger charge is 2.17. The number of fused-ring (bicyclic) bond motifs is 4. The quantitative estimate of drug-likeness (QED) is 0.0341. The van der Waals surface area contributed by atoms with Crippen molar-refractivity contribution in [3.8, 4) is 22.5 Å². The molecule has 0 fully saturated rings. The van der Waals surface area contributed by atoms with Crippen molar-refractivity contribution in [1.29, 1.82) is 0 Å². The molecule has 4 aromatic carbocycles. The van der Waals surface area contributed by atoms with Gasteiger partial charge in [0, 0.05) is 106 Å². The second-order valence-electron chi connectivity index (χ2n) is 20.1. The lowest BCUT2D eigenvalue weighted by Gasteiger charge is -2.14. The molecule has 0 atom stereocenters. The van der Waals surface area contributed by atoms with Crippen molar-refractivity contribution in [3.63, 3.8) is 0 Å². The summed E-state index contributed by atoms with van der Waals surface area (Å²) in [7, 11) is 3.97. The monoisotopic (exact) mass is 1140 g/mol. The minimum absolute atomic E-state index is 0.102. The van der Waals surface area contributed by atoms with Gasteiger partial charge in [-0.2, -0.15) is 19.2 Å². The summed E-state index contributed by atoms with van der Waals surface area (Å²) in [4.78, 5) is 43.3. The van der Waals surface area contributed by atoms with Crippen molar-refractivity contribution in [2.75, 3.05) is 42.3 Å². The Labute approximate surface area is 475 Å². The van der Waals surface area contributed by atoms with E-state index >= 15 is 0 Å². The minimum Gasteiger partial charge on any atom is -0.399 e. The van der Waals surface area contributed by atoms with Gasteiger partial charge in [-0.15, -0.1) is 0 Å². The Hall–Kier alpha value is -8.11. The highest BCUT2D eigenvalue weighted by Crippen LogP contribution is 2.33. The maximum Gasteiger partial charge on any atom is 0.244 e. The second kappa shape index (κ2) is 26.5. The lowest BCUT2D eigenvalue weighted by Crippen LogP contribution is -2.11. The summed E-state index contributed by atoms with van der Waals surface area (Å²) in [6.45, 7) is 14.7. The molecule has 16 heteroatoms. The molecule has 0 aliphatic carbocycles. The van der Waals surface area contributed by atoms with Crippen LogP contribution in [-0.2, 0) is 29.1 Å². The zero-order valence-electron chi connectivity index (χ0n) is 45.9. The third kappa shape index (κ3) is 14.3. The van der Waals surface area contributed by atoms with Crippen molar-refractivity contribution in [2.24, 2.45) is 0 Å². The van der Waals surface area contributed by atoms with E-state index in [1.54, 1.807) is 12.2 Å². The maximum atomic E-state index is 12.5. The molecule has 6 heterocycles. The number of hydrogen-bond donors (Lipinski definition) is 3. The van der Waals surface area contributed by atoms with Gasteiger partial charge in [0.25, 0.3) is 0 Å². The van der Waals surface area contributed by atoms with Gasteiger partial charge in [-0.3, -0.25) is 19.6 Å². The number of anilines is 3. The Morgan fingerprint density at radius 2 is 1.18 bits per heavy atom. The van der Waals surface area contributed by atoms with Crippen LogP contribution in [0.1, 0.15) is 78.7 Å². The molecule has 0 saturated heterocycles. The number of pyridine rings is 2. The van der Waals surface area contributed by atoms with Crippen molar-refractivity contribution < 1.29 is 9.59 Å². The molecule has 0 saturated carbocycles. The average Bonchev–Trinajstić information content (AvgIpc) is 4.10. The number of rotatable bonds is 17. The van der Waals surface area contributed by atoms with Gasteiger partial charge in [-0.05, 0) is 115 Å². The number of aryl methyl sites for hydroxylation is 2. The highest BCUT2D eigenvalue weighted by molar-refractivity contribution is 9.09. The summed E-state index contributed by atoms with van der Waals surface area (Å²) in [5, 5.41) is 20.9. The van der Waals surface area contributed by atoms with Crippen LogP contribution in [0.15, 0.2) is 158 Å². The molecule has 0 bridgehead atoms. The van der Waals surface area contributed by atoms with Crippen LogP contribution in [0.25, 0.3) is 55.4 Å². The number of carbonyl (C=O) groups is 2. The summed E-state index contributed by atoms with van der Waals surface area (Å²) in [6.07, 6.45) is 14.4.